The van der Waals surface area contributed by atoms with E-state index in [0.29, 0.717) is 6.42 Å². The average molecular weight is 583 g/mol. The van der Waals surface area contributed by atoms with E-state index in [0.717, 1.165) is 22.3 Å². The number of likely N-dealkylation sites (tertiary alicyclic amines) is 1. The van der Waals surface area contributed by atoms with Crippen molar-refractivity contribution < 1.29 is 36.6 Å². The molecule has 0 saturated carbocycles. The highest BCUT2D eigenvalue weighted by atomic mass is 79.9. The highest BCUT2D eigenvalue weighted by Crippen LogP contribution is 2.36. The third-order valence-electron chi connectivity index (χ3n) is 4.62. The second kappa shape index (κ2) is 9.62. The van der Waals surface area contributed by atoms with Gasteiger partial charge in [-0.15, -0.1) is 15.6 Å². The van der Waals surface area contributed by atoms with Crippen LogP contribution in [0.1, 0.15) is 27.2 Å². The summed E-state index contributed by atoms with van der Waals surface area (Å²) in [6.07, 6.45) is -2.11. The lowest BCUT2D eigenvalue weighted by atomic mass is 10.2. The molecule has 10 nitrogen and oxygen atoms in total. The Morgan fingerprint density at radius 2 is 2.06 bits per heavy atom. The van der Waals surface area contributed by atoms with Crippen LogP contribution in [0.3, 0.4) is 0 Å². The van der Waals surface area contributed by atoms with E-state index < -0.39 is 54.9 Å². The first-order valence-corrected chi connectivity index (χ1v) is 13.0. The summed E-state index contributed by atoms with van der Waals surface area (Å²) in [5.41, 5.74) is 0.0424. The number of amides is 2. The summed E-state index contributed by atoms with van der Waals surface area (Å²) in [5, 5.41) is 13.1. The second-order valence-electron chi connectivity index (χ2n) is 8.32. The van der Waals surface area contributed by atoms with Crippen LogP contribution in [-0.4, -0.2) is 60.3 Å². The molecule has 1 aromatic heterocycles. The zero-order valence-electron chi connectivity index (χ0n) is 18.2. The lowest BCUT2D eigenvalue weighted by Gasteiger charge is -2.26. The van der Waals surface area contributed by atoms with E-state index in [9.17, 15) is 18.0 Å². The van der Waals surface area contributed by atoms with Crippen LogP contribution in [0.2, 0.25) is 0 Å². The summed E-state index contributed by atoms with van der Waals surface area (Å²) in [6, 6.07) is 0.319. The number of aromatic nitrogens is 1. The van der Waals surface area contributed by atoms with Crippen molar-refractivity contribution in [1.82, 2.24) is 9.88 Å². The quantitative estimate of drug-likeness (QED) is 0.494. The van der Waals surface area contributed by atoms with Crippen LogP contribution in [0.25, 0.3) is 0 Å². The number of anilines is 2. The van der Waals surface area contributed by atoms with Crippen molar-refractivity contribution in [1.29, 1.82) is 0 Å². The van der Waals surface area contributed by atoms with Crippen LogP contribution >= 0.6 is 27.3 Å². The highest BCUT2D eigenvalue weighted by molar-refractivity contribution is 9.10. The largest absolute Gasteiger partial charge is 0.465 e. The molecule has 1 aliphatic rings. The summed E-state index contributed by atoms with van der Waals surface area (Å²) < 4.78 is 61.9. The summed E-state index contributed by atoms with van der Waals surface area (Å²) in [6.45, 7) is 4.83. The minimum absolute atomic E-state index is 0.0846. The zero-order chi connectivity index (χ0) is 25.4. The molecular weight excluding hydrogens is 562 g/mol. The Morgan fingerprint density at radius 1 is 1.38 bits per heavy atom. The van der Waals surface area contributed by atoms with Crippen LogP contribution in [-0.2, 0) is 14.8 Å². The van der Waals surface area contributed by atoms with E-state index in [1.807, 2.05) is 0 Å². The van der Waals surface area contributed by atoms with Gasteiger partial charge in [0.25, 0.3) is 10.0 Å². The monoisotopic (exact) mass is 582 g/mol. The Labute approximate surface area is 206 Å². The van der Waals surface area contributed by atoms with Gasteiger partial charge in [-0.05, 0) is 49.2 Å². The molecule has 0 unspecified atom stereocenters. The number of nitrogens with one attached hydrogen (secondary N) is 1. The molecule has 0 bridgehead atoms. The molecule has 186 valence electrons. The summed E-state index contributed by atoms with van der Waals surface area (Å²) in [5.74, 6) is -3.31. The Hall–Kier alpha value is -2.52. The molecule has 0 radical (unpaired) electrons. The SMILES string of the molecule is CC(C)(C)OC(=O)N(c1cscn1)S(=O)(=O)c1c(F)cc(N[C@H]2CCN(C(=O)O)C2)c(Br)c1F. The van der Waals surface area contributed by atoms with Gasteiger partial charge in [-0.25, -0.2) is 31.8 Å². The molecule has 1 saturated heterocycles. The van der Waals surface area contributed by atoms with E-state index in [4.69, 9.17) is 9.84 Å². The number of carbonyl (C=O) groups is 2. The Kier molecular flexibility index (Phi) is 7.38. The number of ether oxygens (including phenoxy) is 1. The number of benzene rings is 1. The molecule has 3 rings (SSSR count). The van der Waals surface area contributed by atoms with Gasteiger partial charge in [0.2, 0.25) is 0 Å². The Morgan fingerprint density at radius 3 is 2.59 bits per heavy atom. The molecule has 1 fully saturated rings. The van der Waals surface area contributed by atoms with Crippen molar-refractivity contribution in [3.05, 3.63) is 33.1 Å². The molecule has 2 heterocycles. The smallest absolute Gasteiger partial charge is 0.430 e. The summed E-state index contributed by atoms with van der Waals surface area (Å²) in [7, 11) is -5.13. The van der Waals surface area contributed by atoms with Crippen molar-refractivity contribution in [2.75, 3.05) is 22.7 Å². The first-order chi connectivity index (χ1) is 15.7. The number of hydrogen-bond acceptors (Lipinski definition) is 8. The summed E-state index contributed by atoms with van der Waals surface area (Å²) in [4.78, 5) is 27.4. The first-order valence-electron chi connectivity index (χ1n) is 9.80. The lowest BCUT2D eigenvalue weighted by molar-refractivity contribution is 0.0608. The molecule has 1 aliphatic heterocycles. The normalized spacial score (nSPS) is 16.4. The van der Waals surface area contributed by atoms with Gasteiger partial charge in [0.15, 0.2) is 16.5 Å². The maximum Gasteiger partial charge on any atom is 0.430 e. The van der Waals surface area contributed by atoms with E-state index in [1.165, 1.54) is 31.7 Å². The average Bonchev–Trinajstić information content (AvgIpc) is 3.36. The van der Waals surface area contributed by atoms with E-state index in [-0.39, 0.29) is 28.9 Å². The number of halogens is 3. The predicted octanol–water partition coefficient (Wildman–Crippen LogP) is 4.48. The standard InChI is InChI=1S/C19H21BrF2N4O6S2/c1-19(2,3)32-18(29)26(13-8-33-9-23-13)34(30,31)16-11(21)6-12(14(20)15(16)22)24-10-4-5-25(7-10)17(27)28/h6,8-10,24H,4-5,7H2,1-3H3,(H,27,28)/t10-/m0/s1. The van der Waals surface area contributed by atoms with E-state index >= 15 is 8.78 Å². The van der Waals surface area contributed by atoms with Gasteiger partial charge >= 0.3 is 12.2 Å². The van der Waals surface area contributed by atoms with Crippen molar-refractivity contribution in [2.45, 2.75) is 43.7 Å². The van der Waals surface area contributed by atoms with Crippen molar-refractivity contribution >= 4 is 61.0 Å². The number of carboxylic acid groups (broad SMARTS) is 1. The number of sulfonamides is 1. The van der Waals surface area contributed by atoms with Gasteiger partial charge in [-0.2, -0.15) is 0 Å². The molecule has 1 atom stereocenters. The number of nitrogens with zero attached hydrogens (tertiary/aromatic N) is 3. The number of hydrogen-bond donors (Lipinski definition) is 2. The molecule has 0 spiro atoms. The van der Waals surface area contributed by atoms with Gasteiger partial charge in [-0.3, -0.25) is 0 Å². The van der Waals surface area contributed by atoms with Gasteiger partial charge in [0.05, 0.1) is 15.7 Å². The van der Waals surface area contributed by atoms with Gasteiger partial charge in [-0.1, -0.05) is 0 Å². The molecule has 2 aromatic rings. The van der Waals surface area contributed by atoms with Gasteiger partial charge < -0.3 is 20.1 Å². The number of rotatable bonds is 5. The highest BCUT2D eigenvalue weighted by Gasteiger charge is 2.40. The van der Waals surface area contributed by atoms with Crippen molar-refractivity contribution in [2.24, 2.45) is 0 Å². The van der Waals surface area contributed by atoms with E-state index in [1.54, 1.807) is 0 Å². The van der Waals surface area contributed by atoms with Gasteiger partial charge in [0, 0.05) is 24.5 Å². The fraction of sp³-hybridized carbons (Fsp3) is 0.421. The Bertz CT molecular complexity index is 1200. The molecule has 34 heavy (non-hydrogen) atoms. The topological polar surface area (TPSA) is 129 Å². The second-order valence-corrected chi connectivity index (χ2v) is 11.6. The Balaban J connectivity index is 2.01. The van der Waals surface area contributed by atoms with E-state index in [2.05, 4.69) is 26.2 Å². The maximum atomic E-state index is 15.3. The van der Waals surface area contributed by atoms with Crippen molar-refractivity contribution in [3.8, 4) is 0 Å². The van der Waals surface area contributed by atoms with Crippen LogP contribution in [0.4, 0.5) is 29.9 Å². The van der Waals surface area contributed by atoms with Crippen LogP contribution in [0, 0.1) is 11.6 Å². The number of thiazole rings is 1. The third-order valence-corrected chi connectivity index (χ3v) is 7.68. The fourth-order valence-corrected chi connectivity index (χ4v) is 5.75. The molecule has 0 aliphatic carbocycles. The molecule has 15 heteroatoms. The number of carbonyl (C=O) groups excluding carboxylic acids is 1. The summed E-state index contributed by atoms with van der Waals surface area (Å²) >= 11 is 3.92. The van der Waals surface area contributed by atoms with Crippen molar-refractivity contribution in [3.63, 3.8) is 0 Å². The zero-order valence-corrected chi connectivity index (χ0v) is 21.4. The maximum absolute atomic E-state index is 15.3. The van der Waals surface area contributed by atoms with Crippen LogP contribution in [0.5, 0.6) is 0 Å². The molecule has 2 N–H and O–H groups in total. The molecule has 1 aromatic carbocycles. The first kappa shape index (κ1) is 26.1. The fourth-order valence-electron chi connectivity index (χ4n) is 3.21. The van der Waals surface area contributed by atoms with Crippen LogP contribution in [0.15, 0.2) is 26.3 Å². The predicted molar refractivity (Wildman–Crippen MR) is 124 cm³/mol. The van der Waals surface area contributed by atoms with Crippen LogP contribution < -0.4 is 9.62 Å². The minimum atomic E-state index is -5.13. The minimum Gasteiger partial charge on any atom is -0.465 e. The van der Waals surface area contributed by atoms with Gasteiger partial charge in [0.1, 0.15) is 11.4 Å². The lowest BCUT2D eigenvalue weighted by Crippen LogP contribution is -2.42. The molecular formula is C19H21BrF2N4O6S2. The third kappa shape index (κ3) is 5.41. The molecule has 2 amide bonds.